The summed E-state index contributed by atoms with van der Waals surface area (Å²) in [5.41, 5.74) is 3.84. The molecule has 0 amide bonds. The van der Waals surface area contributed by atoms with E-state index < -0.39 is 0 Å². The number of pyridine rings is 1. The summed E-state index contributed by atoms with van der Waals surface area (Å²) in [4.78, 5) is 17.4. The van der Waals surface area contributed by atoms with Crippen LogP contribution in [0.3, 0.4) is 0 Å². The Balaban J connectivity index is 1.80. The molecule has 0 bridgehead atoms. The van der Waals surface area contributed by atoms with Gasteiger partial charge in [-0.3, -0.25) is 0 Å². The molecule has 7 heteroatoms. The first-order valence-corrected chi connectivity index (χ1v) is 9.64. The largest absolute Gasteiger partial charge is 0.480 e. The summed E-state index contributed by atoms with van der Waals surface area (Å²) in [7, 11) is 1.66. The van der Waals surface area contributed by atoms with Crippen molar-refractivity contribution in [3.8, 4) is 5.88 Å². The van der Waals surface area contributed by atoms with Crippen LogP contribution < -0.4 is 9.64 Å². The smallest absolute Gasteiger partial charge is 0.234 e. The average Bonchev–Trinajstić information content (AvgIpc) is 3.07. The summed E-state index contributed by atoms with van der Waals surface area (Å²) in [5, 5.41) is 1.22. The van der Waals surface area contributed by atoms with Gasteiger partial charge in [0, 0.05) is 18.5 Å². The topological polar surface area (TPSA) is 60.4 Å². The van der Waals surface area contributed by atoms with Crippen LogP contribution in [0, 0.1) is 0 Å². The molecule has 130 valence electrons. The molecule has 0 saturated carbocycles. The molecule has 5 rings (SSSR count). The van der Waals surface area contributed by atoms with Crippen LogP contribution in [0.25, 0.3) is 20.4 Å². The Bertz CT molecular complexity index is 949. The second-order valence-corrected chi connectivity index (χ2v) is 7.54. The highest BCUT2D eigenvalue weighted by Gasteiger charge is 2.26. The van der Waals surface area contributed by atoms with E-state index in [0.717, 1.165) is 60.0 Å². The Morgan fingerprint density at radius 3 is 2.72 bits per heavy atom. The quantitative estimate of drug-likeness (QED) is 0.704. The molecule has 1 saturated heterocycles. The van der Waals surface area contributed by atoms with Crippen LogP contribution >= 0.6 is 11.3 Å². The number of anilines is 1. The summed E-state index contributed by atoms with van der Waals surface area (Å²) in [6.45, 7) is 3.39. The molecule has 6 nitrogen and oxygen atoms in total. The molecule has 0 atom stereocenters. The first kappa shape index (κ1) is 15.3. The predicted octanol–water partition coefficient (Wildman–Crippen LogP) is 2.96. The van der Waals surface area contributed by atoms with Crippen LogP contribution in [-0.4, -0.2) is 48.4 Å². The third-order valence-corrected chi connectivity index (χ3v) is 6.23. The fraction of sp³-hybridized carbons (Fsp3) is 0.500. The lowest BCUT2D eigenvalue weighted by molar-refractivity contribution is 0.122. The monoisotopic (exact) mass is 356 g/mol. The van der Waals surface area contributed by atoms with Gasteiger partial charge in [-0.2, -0.15) is 0 Å². The molecular formula is C18H20N4O2S. The highest BCUT2D eigenvalue weighted by atomic mass is 32.1. The second kappa shape index (κ2) is 6.07. The number of thiophene rings is 1. The number of aromatic nitrogens is 3. The standard InChI is InChI=1S/C18H20N4O2S/c1-23-17-15-14(19-10-20-17)13-11-4-2-3-5-12(11)16(21-18(13)25-15)22-6-8-24-9-7-22/h10H,2-9H2,1H3. The zero-order chi connectivity index (χ0) is 16.8. The van der Waals surface area contributed by atoms with E-state index in [1.807, 2.05) is 0 Å². The van der Waals surface area contributed by atoms with Crippen LogP contribution in [0.4, 0.5) is 5.82 Å². The van der Waals surface area contributed by atoms with E-state index in [0.29, 0.717) is 5.88 Å². The van der Waals surface area contributed by atoms with Gasteiger partial charge < -0.3 is 14.4 Å². The second-order valence-electron chi connectivity index (χ2n) is 6.54. The normalized spacial score (nSPS) is 17.9. The number of hydrogen-bond acceptors (Lipinski definition) is 7. The molecule has 0 aromatic carbocycles. The third kappa shape index (κ3) is 2.37. The van der Waals surface area contributed by atoms with E-state index in [1.54, 1.807) is 24.8 Å². The molecule has 0 N–H and O–H groups in total. The minimum Gasteiger partial charge on any atom is -0.480 e. The first-order valence-electron chi connectivity index (χ1n) is 8.82. The van der Waals surface area contributed by atoms with Crippen molar-refractivity contribution < 1.29 is 9.47 Å². The maximum Gasteiger partial charge on any atom is 0.234 e. The van der Waals surface area contributed by atoms with Crippen molar-refractivity contribution >= 4 is 37.6 Å². The average molecular weight is 356 g/mol. The van der Waals surface area contributed by atoms with E-state index >= 15 is 0 Å². The van der Waals surface area contributed by atoms with Gasteiger partial charge in [-0.1, -0.05) is 0 Å². The molecule has 0 spiro atoms. The Morgan fingerprint density at radius 2 is 1.92 bits per heavy atom. The third-order valence-electron chi connectivity index (χ3n) is 5.17. The minimum absolute atomic E-state index is 0.644. The van der Waals surface area contributed by atoms with Crippen molar-refractivity contribution in [1.82, 2.24) is 15.0 Å². The lowest BCUT2D eigenvalue weighted by Gasteiger charge is -2.31. The number of morpholine rings is 1. The molecule has 2 aliphatic rings. The zero-order valence-electron chi connectivity index (χ0n) is 14.2. The molecule has 1 fully saturated rings. The molecule has 1 aliphatic carbocycles. The maximum atomic E-state index is 5.53. The van der Waals surface area contributed by atoms with Crippen LogP contribution in [0.2, 0.25) is 0 Å². The van der Waals surface area contributed by atoms with Crippen molar-refractivity contribution in [3.05, 3.63) is 17.5 Å². The van der Waals surface area contributed by atoms with E-state index in [9.17, 15) is 0 Å². The Morgan fingerprint density at radius 1 is 1.12 bits per heavy atom. The van der Waals surface area contributed by atoms with Crippen LogP contribution in [0.5, 0.6) is 5.88 Å². The Kier molecular flexibility index (Phi) is 3.71. The van der Waals surface area contributed by atoms with Gasteiger partial charge in [0.1, 0.15) is 21.7 Å². The molecule has 0 unspecified atom stereocenters. The van der Waals surface area contributed by atoms with Crippen molar-refractivity contribution in [1.29, 1.82) is 0 Å². The van der Waals surface area contributed by atoms with Gasteiger partial charge in [0.25, 0.3) is 0 Å². The predicted molar refractivity (Wildman–Crippen MR) is 98.9 cm³/mol. The molecule has 3 aromatic heterocycles. The number of methoxy groups -OCH3 is 1. The number of ether oxygens (including phenoxy) is 2. The summed E-state index contributed by atoms with van der Waals surface area (Å²) < 4.78 is 12.0. The van der Waals surface area contributed by atoms with Crippen LogP contribution in [0.15, 0.2) is 6.33 Å². The van der Waals surface area contributed by atoms with Crippen molar-refractivity contribution in [3.63, 3.8) is 0 Å². The number of hydrogen-bond donors (Lipinski definition) is 0. The lowest BCUT2D eigenvalue weighted by Crippen LogP contribution is -2.37. The van der Waals surface area contributed by atoms with E-state index in [-0.39, 0.29) is 0 Å². The SMILES string of the molecule is COc1ncnc2c1sc1nc(N3CCOCC3)c3c(c12)CCCC3. The first-order chi connectivity index (χ1) is 12.4. The van der Waals surface area contributed by atoms with Crippen molar-refractivity contribution in [2.24, 2.45) is 0 Å². The summed E-state index contributed by atoms with van der Waals surface area (Å²) >= 11 is 1.64. The fourth-order valence-electron chi connectivity index (χ4n) is 4.00. The van der Waals surface area contributed by atoms with Gasteiger partial charge in [-0.05, 0) is 36.8 Å². The highest BCUT2D eigenvalue weighted by Crippen LogP contribution is 2.43. The maximum absolute atomic E-state index is 5.53. The van der Waals surface area contributed by atoms with Gasteiger partial charge in [-0.15, -0.1) is 11.3 Å². The van der Waals surface area contributed by atoms with Gasteiger partial charge in [0.05, 0.1) is 25.8 Å². The molecular weight excluding hydrogens is 336 g/mol. The molecule has 1 aliphatic heterocycles. The Labute approximate surface area is 149 Å². The van der Waals surface area contributed by atoms with Gasteiger partial charge in [0.2, 0.25) is 5.88 Å². The van der Waals surface area contributed by atoms with Crippen LogP contribution in [-0.2, 0) is 17.6 Å². The number of rotatable bonds is 2. The molecule has 4 heterocycles. The summed E-state index contributed by atoms with van der Waals surface area (Å²) in [6.07, 6.45) is 6.26. The minimum atomic E-state index is 0.644. The van der Waals surface area contributed by atoms with E-state index in [1.165, 1.54) is 29.4 Å². The van der Waals surface area contributed by atoms with Gasteiger partial charge in [-0.25, -0.2) is 15.0 Å². The number of fused-ring (bicyclic) bond motifs is 5. The van der Waals surface area contributed by atoms with Crippen molar-refractivity contribution in [2.75, 3.05) is 38.3 Å². The Hall–Kier alpha value is -1.99. The summed E-state index contributed by atoms with van der Waals surface area (Å²) in [5.74, 6) is 1.80. The fourth-order valence-corrected chi connectivity index (χ4v) is 5.12. The molecule has 3 aromatic rings. The lowest BCUT2D eigenvalue weighted by atomic mass is 9.90. The number of nitrogens with zero attached hydrogens (tertiary/aromatic N) is 4. The van der Waals surface area contributed by atoms with Crippen LogP contribution in [0.1, 0.15) is 24.0 Å². The van der Waals surface area contributed by atoms with Crippen molar-refractivity contribution in [2.45, 2.75) is 25.7 Å². The molecule has 25 heavy (non-hydrogen) atoms. The highest BCUT2D eigenvalue weighted by molar-refractivity contribution is 7.25. The van der Waals surface area contributed by atoms with Gasteiger partial charge in [0.15, 0.2) is 0 Å². The molecule has 0 radical (unpaired) electrons. The van der Waals surface area contributed by atoms with Gasteiger partial charge >= 0.3 is 0 Å². The summed E-state index contributed by atoms with van der Waals surface area (Å²) in [6, 6.07) is 0. The zero-order valence-corrected chi connectivity index (χ0v) is 15.1. The number of aryl methyl sites for hydroxylation is 1. The van der Waals surface area contributed by atoms with E-state index in [4.69, 9.17) is 14.5 Å². The van der Waals surface area contributed by atoms with E-state index in [2.05, 4.69) is 14.9 Å².